The van der Waals surface area contributed by atoms with E-state index in [1.165, 1.54) is 99.7 Å². The van der Waals surface area contributed by atoms with Crippen molar-refractivity contribution >= 4 is 44.4 Å². The van der Waals surface area contributed by atoms with Crippen molar-refractivity contribution in [2.45, 2.75) is 12.3 Å². The van der Waals surface area contributed by atoms with Gasteiger partial charge in [0.15, 0.2) is 0 Å². The molecule has 76 heavy (non-hydrogen) atoms. The standard InChI is InChI=1S/C74H52N2/c1-3-19-61-62-26-14-16-28-67(62)74(66(61)4-2)68-29-17-15-27-63(68)73-69(74)30-18-31-72(73)75(58-40-32-53(33-41-58)50-20-8-5-9-21-50)59-42-34-54(35-43-59)55-36-44-60(45-37-55)76-70-46-38-56(51-22-10-6-11-23-51)48-64(70)65-49-57(39-47-71(65)76)52-24-12-7-13-25-52/h3-49H,1H2,2H3/b61-19-,66-4+. The molecule has 1 atom stereocenters. The number of rotatable bonds is 9. The Kier molecular flexibility index (Phi) is 10.8. The van der Waals surface area contributed by atoms with Crippen molar-refractivity contribution in [3.8, 4) is 61.3 Å². The van der Waals surface area contributed by atoms with Crippen LogP contribution >= 0.6 is 0 Å². The summed E-state index contributed by atoms with van der Waals surface area (Å²) in [5.74, 6) is 0. The second-order valence-corrected chi connectivity index (χ2v) is 19.9. The van der Waals surface area contributed by atoms with Crippen LogP contribution in [0.4, 0.5) is 17.1 Å². The molecule has 0 aliphatic heterocycles. The minimum atomic E-state index is -0.490. The second-order valence-electron chi connectivity index (χ2n) is 19.9. The molecule has 0 amide bonds. The highest BCUT2D eigenvalue weighted by Crippen LogP contribution is 2.65. The summed E-state index contributed by atoms with van der Waals surface area (Å²) in [6.45, 7) is 6.36. The Morgan fingerprint density at radius 1 is 0.395 bits per heavy atom. The summed E-state index contributed by atoms with van der Waals surface area (Å²) in [4.78, 5) is 2.46. The van der Waals surface area contributed by atoms with Crippen LogP contribution in [0.15, 0.2) is 297 Å². The summed E-state index contributed by atoms with van der Waals surface area (Å²) in [6.07, 6.45) is 6.45. The minimum Gasteiger partial charge on any atom is -0.310 e. The highest BCUT2D eigenvalue weighted by atomic mass is 15.1. The van der Waals surface area contributed by atoms with Gasteiger partial charge in [-0.05, 0) is 157 Å². The quantitative estimate of drug-likeness (QED) is 0.140. The average Bonchev–Trinajstić information content (AvgIpc) is 4.16. The Morgan fingerprint density at radius 2 is 0.816 bits per heavy atom. The zero-order chi connectivity index (χ0) is 50.7. The van der Waals surface area contributed by atoms with Gasteiger partial charge >= 0.3 is 0 Å². The largest absolute Gasteiger partial charge is 0.310 e. The Morgan fingerprint density at radius 3 is 1.33 bits per heavy atom. The van der Waals surface area contributed by atoms with Crippen molar-refractivity contribution in [1.29, 1.82) is 0 Å². The summed E-state index contributed by atoms with van der Waals surface area (Å²) >= 11 is 0. The summed E-state index contributed by atoms with van der Waals surface area (Å²) < 4.78 is 2.42. The molecule has 2 aliphatic carbocycles. The molecule has 0 saturated carbocycles. The van der Waals surface area contributed by atoms with E-state index in [0.717, 1.165) is 33.9 Å². The molecular formula is C74H52N2. The lowest BCUT2D eigenvalue weighted by Crippen LogP contribution is -2.26. The third kappa shape index (κ3) is 7.02. The van der Waals surface area contributed by atoms with Crippen molar-refractivity contribution in [2.24, 2.45) is 0 Å². The zero-order valence-corrected chi connectivity index (χ0v) is 42.2. The number of benzene rings is 11. The van der Waals surface area contributed by atoms with Crippen LogP contribution < -0.4 is 4.90 Å². The number of hydrogen-bond acceptors (Lipinski definition) is 1. The maximum atomic E-state index is 4.17. The number of allylic oxidation sites excluding steroid dienone is 5. The first kappa shape index (κ1) is 44.9. The smallest absolute Gasteiger partial charge is 0.0723 e. The summed E-state index contributed by atoms with van der Waals surface area (Å²) in [5, 5.41) is 2.47. The number of nitrogens with zero attached hydrogens (tertiary/aromatic N) is 2. The normalized spacial score (nSPS) is 15.3. The molecule has 0 saturated heterocycles. The van der Waals surface area contributed by atoms with Crippen molar-refractivity contribution in [2.75, 3.05) is 4.90 Å². The third-order valence-corrected chi connectivity index (χ3v) is 16.0. The number of fused-ring (bicyclic) bond motifs is 10. The van der Waals surface area contributed by atoms with E-state index < -0.39 is 5.41 Å². The Balaban J connectivity index is 0.881. The third-order valence-electron chi connectivity index (χ3n) is 16.0. The zero-order valence-electron chi connectivity index (χ0n) is 42.2. The van der Waals surface area contributed by atoms with Gasteiger partial charge in [0, 0.05) is 33.4 Å². The molecule has 1 unspecified atom stereocenters. The highest BCUT2D eigenvalue weighted by Gasteiger charge is 2.53. The fourth-order valence-electron chi connectivity index (χ4n) is 12.7. The van der Waals surface area contributed by atoms with Crippen molar-refractivity contribution in [1.82, 2.24) is 4.57 Å². The van der Waals surface area contributed by atoms with E-state index in [1.54, 1.807) is 0 Å². The lowest BCUT2D eigenvalue weighted by atomic mass is 9.70. The highest BCUT2D eigenvalue weighted by molar-refractivity contribution is 6.12. The topological polar surface area (TPSA) is 8.17 Å². The van der Waals surface area contributed by atoms with E-state index >= 15 is 0 Å². The predicted octanol–water partition coefficient (Wildman–Crippen LogP) is 19.8. The van der Waals surface area contributed by atoms with Crippen molar-refractivity contribution in [3.63, 3.8) is 0 Å². The van der Waals surface area contributed by atoms with E-state index in [9.17, 15) is 0 Å². The fraction of sp³-hybridized carbons (Fsp3) is 0.0270. The van der Waals surface area contributed by atoms with Gasteiger partial charge in [-0.3, -0.25) is 0 Å². The molecule has 0 N–H and O–H groups in total. The lowest BCUT2D eigenvalue weighted by molar-refractivity contribution is 0.793. The SMILES string of the molecule is C=C/C=C1\C(=C/C)C2(c3ccccc31)c1ccccc1-c1c(N(c3ccc(-c4ccccc4)cc3)c3ccc(-c4ccc(-n5c6ccc(-c7ccccc7)cc6c6cc(-c7ccccc7)ccc65)cc4)cc3)cccc12. The number of aromatic nitrogens is 1. The average molecular weight is 969 g/mol. The lowest BCUT2D eigenvalue weighted by Gasteiger charge is -2.32. The molecule has 0 radical (unpaired) electrons. The summed E-state index contributed by atoms with van der Waals surface area (Å²) in [6, 6.07) is 98.1. The minimum absolute atomic E-state index is 0.490. The van der Waals surface area contributed by atoms with Gasteiger partial charge in [0.1, 0.15) is 0 Å². The van der Waals surface area contributed by atoms with E-state index in [-0.39, 0.29) is 0 Å². The maximum absolute atomic E-state index is 4.17. The van der Waals surface area contributed by atoms with Crippen LogP contribution in [0.3, 0.4) is 0 Å². The van der Waals surface area contributed by atoms with Gasteiger partial charge in [-0.2, -0.15) is 0 Å². The van der Waals surface area contributed by atoms with Gasteiger partial charge in [0.25, 0.3) is 0 Å². The van der Waals surface area contributed by atoms with Crippen LogP contribution in [0.1, 0.15) is 29.2 Å². The second kappa shape index (κ2) is 18.3. The first-order valence-corrected chi connectivity index (χ1v) is 26.3. The molecule has 12 aromatic rings. The molecule has 1 heterocycles. The maximum Gasteiger partial charge on any atom is 0.0723 e. The molecular weight excluding hydrogens is 917 g/mol. The predicted molar refractivity (Wildman–Crippen MR) is 321 cm³/mol. The molecule has 2 nitrogen and oxygen atoms in total. The molecule has 0 fully saturated rings. The molecule has 0 bridgehead atoms. The summed E-state index contributed by atoms with van der Waals surface area (Å²) in [5.41, 5.74) is 26.0. The Bertz CT molecular complexity index is 4160. The van der Waals surface area contributed by atoms with E-state index in [2.05, 4.69) is 302 Å². The van der Waals surface area contributed by atoms with Gasteiger partial charge in [-0.25, -0.2) is 0 Å². The number of anilines is 3. The van der Waals surface area contributed by atoms with Crippen LogP contribution in [0.25, 0.3) is 88.7 Å². The van der Waals surface area contributed by atoms with Gasteiger partial charge in [0.05, 0.1) is 22.1 Å². The van der Waals surface area contributed by atoms with E-state index in [4.69, 9.17) is 0 Å². The van der Waals surface area contributed by atoms with Gasteiger partial charge in [-0.1, -0.05) is 225 Å². The Hall–Kier alpha value is -9.76. The van der Waals surface area contributed by atoms with Gasteiger partial charge in [-0.15, -0.1) is 0 Å². The van der Waals surface area contributed by atoms with Crippen molar-refractivity contribution < 1.29 is 0 Å². The molecule has 1 spiro atoms. The Labute approximate surface area is 444 Å². The fourth-order valence-corrected chi connectivity index (χ4v) is 12.7. The molecule has 11 aromatic carbocycles. The number of hydrogen-bond donors (Lipinski definition) is 0. The van der Waals surface area contributed by atoms with Gasteiger partial charge in [0.2, 0.25) is 0 Å². The monoisotopic (exact) mass is 968 g/mol. The molecule has 2 heteroatoms. The first-order chi connectivity index (χ1) is 37.6. The van der Waals surface area contributed by atoms with Crippen LogP contribution in [-0.2, 0) is 5.41 Å². The summed E-state index contributed by atoms with van der Waals surface area (Å²) in [7, 11) is 0. The molecule has 358 valence electrons. The van der Waals surface area contributed by atoms with Crippen LogP contribution in [0.2, 0.25) is 0 Å². The first-order valence-electron chi connectivity index (χ1n) is 26.3. The van der Waals surface area contributed by atoms with Crippen LogP contribution in [-0.4, -0.2) is 4.57 Å². The van der Waals surface area contributed by atoms with E-state index in [1.807, 2.05) is 6.08 Å². The van der Waals surface area contributed by atoms with E-state index in [0.29, 0.717) is 0 Å². The van der Waals surface area contributed by atoms with Crippen molar-refractivity contribution in [3.05, 3.63) is 320 Å². The molecule has 2 aliphatic rings. The van der Waals surface area contributed by atoms with Gasteiger partial charge < -0.3 is 9.47 Å². The molecule has 14 rings (SSSR count). The van der Waals surface area contributed by atoms with Crippen LogP contribution in [0.5, 0.6) is 0 Å². The molecule has 1 aromatic heterocycles. The van der Waals surface area contributed by atoms with Crippen LogP contribution in [0, 0.1) is 0 Å².